The predicted molar refractivity (Wildman–Crippen MR) is 105 cm³/mol. The number of carbonyl (C=O) groups is 2. The van der Waals surface area contributed by atoms with Gasteiger partial charge in [-0.2, -0.15) is 0 Å². The number of hydrogen-bond donors (Lipinski definition) is 2. The second-order valence-electron chi connectivity index (χ2n) is 6.00. The van der Waals surface area contributed by atoms with Gasteiger partial charge in [-0.1, -0.05) is 29.5 Å². The number of thiazole rings is 1. The Morgan fingerprint density at radius 2 is 1.85 bits per heavy atom. The number of anilines is 2. The Labute approximate surface area is 159 Å². The summed E-state index contributed by atoms with van der Waals surface area (Å²) in [6.45, 7) is 5.27. The molecule has 1 aromatic carbocycles. The summed E-state index contributed by atoms with van der Waals surface area (Å²) in [5, 5.41) is 6.72. The number of carbonyl (C=O) groups excluding carboxylic acids is 2. The van der Waals surface area contributed by atoms with Crippen LogP contribution in [0.5, 0.6) is 0 Å². The first kappa shape index (κ1) is 18.3. The second kappa shape index (κ2) is 7.84. The van der Waals surface area contributed by atoms with Crippen LogP contribution in [0, 0.1) is 0 Å². The SMILES string of the molecule is CC(C)NC(=O)C(C)OC(=O)c1cc2sc(Nc3ccccc3)nc2s1. The van der Waals surface area contributed by atoms with E-state index in [1.165, 1.54) is 22.7 Å². The number of amides is 1. The highest BCUT2D eigenvalue weighted by Gasteiger charge is 2.21. The van der Waals surface area contributed by atoms with E-state index in [1.54, 1.807) is 13.0 Å². The van der Waals surface area contributed by atoms with Gasteiger partial charge < -0.3 is 15.4 Å². The van der Waals surface area contributed by atoms with Crippen LogP contribution in [-0.4, -0.2) is 29.0 Å². The van der Waals surface area contributed by atoms with E-state index < -0.39 is 12.1 Å². The van der Waals surface area contributed by atoms with E-state index in [0.717, 1.165) is 20.3 Å². The van der Waals surface area contributed by atoms with Crippen molar-refractivity contribution in [3.8, 4) is 0 Å². The fourth-order valence-electron chi connectivity index (χ4n) is 2.21. The van der Waals surface area contributed by atoms with E-state index >= 15 is 0 Å². The average Bonchev–Trinajstić information content (AvgIpc) is 3.13. The summed E-state index contributed by atoms with van der Waals surface area (Å²) in [5.74, 6) is -0.816. The molecule has 6 nitrogen and oxygen atoms in total. The van der Waals surface area contributed by atoms with Crippen LogP contribution in [0.25, 0.3) is 9.53 Å². The van der Waals surface area contributed by atoms with E-state index in [4.69, 9.17) is 4.74 Å². The molecule has 3 rings (SSSR count). The zero-order chi connectivity index (χ0) is 18.7. The number of benzene rings is 1. The Morgan fingerprint density at radius 3 is 2.50 bits per heavy atom. The maximum atomic E-state index is 12.3. The zero-order valence-corrected chi connectivity index (χ0v) is 16.2. The van der Waals surface area contributed by atoms with Crippen molar-refractivity contribution >= 4 is 54.9 Å². The maximum absolute atomic E-state index is 12.3. The van der Waals surface area contributed by atoms with Crippen LogP contribution in [0.4, 0.5) is 10.8 Å². The molecule has 1 unspecified atom stereocenters. The number of nitrogens with zero attached hydrogens (tertiary/aromatic N) is 1. The van der Waals surface area contributed by atoms with Gasteiger partial charge in [0, 0.05) is 11.7 Å². The molecule has 1 amide bonds. The molecule has 2 aromatic heterocycles. The lowest BCUT2D eigenvalue weighted by atomic mass is 10.3. The molecular weight excluding hydrogens is 370 g/mol. The lowest BCUT2D eigenvalue weighted by Gasteiger charge is -2.14. The number of fused-ring (bicyclic) bond motifs is 1. The first-order valence-corrected chi connectivity index (χ1v) is 9.79. The molecule has 0 aliphatic rings. The van der Waals surface area contributed by atoms with Gasteiger partial charge in [-0.05, 0) is 39.0 Å². The zero-order valence-electron chi connectivity index (χ0n) is 14.6. The van der Waals surface area contributed by atoms with Crippen molar-refractivity contribution in [2.75, 3.05) is 5.32 Å². The normalized spacial score (nSPS) is 12.2. The minimum absolute atomic E-state index is 0.00420. The number of aromatic nitrogens is 1. The van der Waals surface area contributed by atoms with Crippen molar-refractivity contribution < 1.29 is 14.3 Å². The first-order valence-electron chi connectivity index (χ1n) is 8.16. The number of ether oxygens (including phenoxy) is 1. The summed E-state index contributed by atoms with van der Waals surface area (Å²) >= 11 is 2.72. The molecule has 26 heavy (non-hydrogen) atoms. The summed E-state index contributed by atoms with van der Waals surface area (Å²) in [7, 11) is 0. The highest BCUT2D eigenvalue weighted by atomic mass is 32.1. The van der Waals surface area contributed by atoms with Crippen LogP contribution in [0.3, 0.4) is 0 Å². The van der Waals surface area contributed by atoms with Gasteiger partial charge in [0.25, 0.3) is 5.91 Å². The van der Waals surface area contributed by atoms with Crippen LogP contribution in [-0.2, 0) is 9.53 Å². The van der Waals surface area contributed by atoms with Crippen molar-refractivity contribution in [1.82, 2.24) is 10.3 Å². The number of thiophene rings is 1. The molecule has 136 valence electrons. The monoisotopic (exact) mass is 389 g/mol. The van der Waals surface area contributed by atoms with Crippen molar-refractivity contribution in [1.29, 1.82) is 0 Å². The highest BCUT2D eigenvalue weighted by molar-refractivity contribution is 7.29. The molecule has 0 radical (unpaired) electrons. The Kier molecular flexibility index (Phi) is 5.53. The average molecular weight is 390 g/mol. The van der Waals surface area contributed by atoms with Gasteiger partial charge in [-0.25, -0.2) is 9.78 Å². The molecule has 3 aromatic rings. The van der Waals surface area contributed by atoms with Crippen molar-refractivity contribution in [3.05, 3.63) is 41.3 Å². The molecule has 0 bridgehead atoms. The van der Waals surface area contributed by atoms with Gasteiger partial charge >= 0.3 is 5.97 Å². The van der Waals surface area contributed by atoms with Crippen LogP contribution in [0.1, 0.15) is 30.4 Å². The van der Waals surface area contributed by atoms with Crippen molar-refractivity contribution in [2.45, 2.75) is 32.9 Å². The van der Waals surface area contributed by atoms with Gasteiger partial charge in [0.2, 0.25) is 0 Å². The van der Waals surface area contributed by atoms with E-state index in [-0.39, 0.29) is 11.9 Å². The number of esters is 1. The van der Waals surface area contributed by atoms with Crippen LogP contribution < -0.4 is 10.6 Å². The number of hydrogen-bond acceptors (Lipinski definition) is 7. The smallest absolute Gasteiger partial charge is 0.349 e. The molecule has 0 saturated heterocycles. The molecule has 0 aliphatic carbocycles. The van der Waals surface area contributed by atoms with Gasteiger partial charge in [0.15, 0.2) is 11.2 Å². The fourth-order valence-corrected chi connectivity index (χ4v) is 4.23. The lowest BCUT2D eigenvalue weighted by Crippen LogP contribution is -2.39. The summed E-state index contributed by atoms with van der Waals surface area (Å²) in [4.78, 5) is 29.8. The number of nitrogens with one attached hydrogen (secondary N) is 2. The third-order valence-corrected chi connectivity index (χ3v) is 5.46. The molecule has 0 saturated carbocycles. The number of para-hydroxylation sites is 1. The van der Waals surface area contributed by atoms with Crippen LogP contribution >= 0.6 is 22.7 Å². The van der Waals surface area contributed by atoms with E-state index in [1.807, 2.05) is 44.2 Å². The molecule has 0 spiro atoms. The molecule has 2 heterocycles. The fraction of sp³-hybridized carbons (Fsp3) is 0.278. The van der Waals surface area contributed by atoms with E-state index in [9.17, 15) is 9.59 Å². The Bertz CT molecular complexity index is 887. The Balaban J connectivity index is 1.66. The predicted octanol–water partition coefficient (Wildman–Crippen LogP) is 4.17. The highest BCUT2D eigenvalue weighted by Crippen LogP contribution is 2.34. The minimum Gasteiger partial charge on any atom is -0.448 e. The Morgan fingerprint density at radius 1 is 1.12 bits per heavy atom. The Hall–Kier alpha value is -2.45. The molecular formula is C18H19N3O3S2. The molecule has 8 heteroatoms. The van der Waals surface area contributed by atoms with E-state index in [2.05, 4.69) is 15.6 Å². The molecule has 1 atom stereocenters. The van der Waals surface area contributed by atoms with Crippen molar-refractivity contribution in [3.63, 3.8) is 0 Å². The first-order chi connectivity index (χ1) is 12.4. The second-order valence-corrected chi connectivity index (χ2v) is 8.06. The standard InChI is InChI=1S/C18H19N3O3S2/c1-10(2)19-15(22)11(3)24-17(23)14-9-13-16(25-14)21-18(26-13)20-12-7-5-4-6-8-12/h4-11H,1-3H3,(H,19,22)(H,20,21). The molecule has 0 aliphatic heterocycles. The largest absolute Gasteiger partial charge is 0.448 e. The van der Waals surface area contributed by atoms with Gasteiger partial charge in [-0.3, -0.25) is 4.79 Å². The third-order valence-electron chi connectivity index (χ3n) is 3.40. The van der Waals surface area contributed by atoms with Gasteiger partial charge in [-0.15, -0.1) is 11.3 Å². The number of rotatable bonds is 6. The topological polar surface area (TPSA) is 80.3 Å². The summed E-state index contributed by atoms with van der Waals surface area (Å²) in [6, 6.07) is 11.5. The maximum Gasteiger partial charge on any atom is 0.349 e. The van der Waals surface area contributed by atoms with Gasteiger partial charge in [0.1, 0.15) is 9.71 Å². The minimum atomic E-state index is -0.840. The quantitative estimate of drug-likeness (QED) is 0.619. The van der Waals surface area contributed by atoms with Gasteiger partial charge in [0.05, 0.1) is 4.70 Å². The summed E-state index contributed by atoms with van der Waals surface area (Å²) in [6.07, 6.45) is -0.840. The summed E-state index contributed by atoms with van der Waals surface area (Å²) in [5.41, 5.74) is 0.957. The summed E-state index contributed by atoms with van der Waals surface area (Å²) < 4.78 is 6.15. The van der Waals surface area contributed by atoms with Crippen LogP contribution in [0.15, 0.2) is 36.4 Å². The molecule has 0 fully saturated rings. The third kappa shape index (κ3) is 4.39. The lowest BCUT2D eigenvalue weighted by molar-refractivity contribution is -0.129. The molecule has 2 N–H and O–H groups in total. The van der Waals surface area contributed by atoms with Crippen molar-refractivity contribution in [2.24, 2.45) is 0 Å². The van der Waals surface area contributed by atoms with E-state index in [0.29, 0.717) is 4.88 Å². The van der Waals surface area contributed by atoms with Crippen LogP contribution in [0.2, 0.25) is 0 Å².